The summed E-state index contributed by atoms with van der Waals surface area (Å²) in [5.41, 5.74) is -1.82. The molecule has 22 heavy (non-hydrogen) atoms. The maximum Gasteiger partial charge on any atom is 0.433 e. The number of nitrogens with zero attached hydrogens (tertiary/aromatic N) is 2. The highest BCUT2D eigenvalue weighted by molar-refractivity contribution is 5.13. The lowest BCUT2D eigenvalue weighted by Crippen LogP contribution is -2.50. The van der Waals surface area contributed by atoms with Gasteiger partial charge in [0.15, 0.2) is 0 Å². The molecule has 0 radical (unpaired) electrons. The normalized spacial score (nSPS) is 23.3. The van der Waals surface area contributed by atoms with Crippen molar-refractivity contribution in [2.24, 2.45) is 0 Å². The third-order valence-electron chi connectivity index (χ3n) is 3.18. The van der Waals surface area contributed by atoms with Crippen LogP contribution in [0.3, 0.4) is 0 Å². The van der Waals surface area contributed by atoms with Gasteiger partial charge in [0, 0.05) is 25.3 Å². The van der Waals surface area contributed by atoms with Crippen LogP contribution in [0.5, 0.6) is 0 Å². The van der Waals surface area contributed by atoms with Gasteiger partial charge in [0.2, 0.25) is 0 Å². The topological polar surface area (TPSA) is 79.3 Å². The first-order chi connectivity index (χ1) is 10.3. The number of alkyl halides is 3. The fourth-order valence-corrected chi connectivity index (χ4v) is 2.15. The van der Waals surface area contributed by atoms with Gasteiger partial charge in [-0.3, -0.25) is 0 Å². The molecule has 6 nitrogen and oxygen atoms in total. The summed E-state index contributed by atoms with van der Waals surface area (Å²) in [6, 6.07) is 0.903. The van der Waals surface area contributed by atoms with E-state index < -0.39 is 17.5 Å². The fourth-order valence-electron chi connectivity index (χ4n) is 2.15. The molecule has 1 atom stereocenters. The number of nitrogens with one attached hydrogen (secondary N) is 2. The molecule has 1 saturated heterocycles. The van der Waals surface area contributed by atoms with Gasteiger partial charge in [-0.05, 0) is 13.0 Å². The predicted molar refractivity (Wildman–Crippen MR) is 72.1 cm³/mol. The molecular weight excluding hydrogens is 301 g/mol. The molecule has 1 aromatic rings. The van der Waals surface area contributed by atoms with Gasteiger partial charge in [0.25, 0.3) is 0 Å². The molecule has 0 amide bonds. The standard InChI is InChI=1S/C13H19F3N4O2/c1-9-4-10(13(14,15)16)20-11(19-9)5-18-7-12(21)6-17-2-3-22-8-12/h4,17-18,21H,2-3,5-8H2,1H3/t12-/m0/s1. The summed E-state index contributed by atoms with van der Waals surface area (Å²) in [6.45, 7) is 3.36. The number of β-amino-alcohol motifs (C(OH)–C–C–N with tert-alkyl or cyclic N) is 1. The van der Waals surface area contributed by atoms with Gasteiger partial charge in [-0.1, -0.05) is 0 Å². The largest absolute Gasteiger partial charge is 0.433 e. The van der Waals surface area contributed by atoms with Gasteiger partial charge in [-0.2, -0.15) is 13.2 Å². The Balaban J connectivity index is 1.95. The summed E-state index contributed by atoms with van der Waals surface area (Å²) >= 11 is 0. The zero-order valence-corrected chi connectivity index (χ0v) is 12.2. The molecule has 1 aliphatic rings. The fraction of sp³-hybridized carbons (Fsp3) is 0.692. The van der Waals surface area contributed by atoms with Crippen molar-refractivity contribution in [1.82, 2.24) is 20.6 Å². The van der Waals surface area contributed by atoms with Crippen molar-refractivity contribution in [1.29, 1.82) is 0 Å². The molecule has 0 aromatic carbocycles. The first-order valence-electron chi connectivity index (χ1n) is 6.92. The van der Waals surface area contributed by atoms with Gasteiger partial charge >= 0.3 is 6.18 Å². The molecule has 2 rings (SSSR count). The Morgan fingerprint density at radius 2 is 2.23 bits per heavy atom. The third kappa shape index (κ3) is 4.87. The Morgan fingerprint density at radius 3 is 2.95 bits per heavy atom. The van der Waals surface area contributed by atoms with Gasteiger partial charge in [-0.15, -0.1) is 0 Å². The summed E-state index contributed by atoms with van der Waals surface area (Å²) in [5, 5.41) is 16.2. The summed E-state index contributed by atoms with van der Waals surface area (Å²) < 4.78 is 43.3. The summed E-state index contributed by atoms with van der Waals surface area (Å²) in [6.07, 6.45) is -4.50. The summed E-state index contributed by atoms with van der Waals surface area (Å²) in [5.74, 6) is 0.0402. The van der Waals surface area contributed by atoms with E-state index in [1.165, 1.54) is 6.92 Å². The molecule has 1 aromatic heterocycles. The van der Waals surface area contributed by atoms with Crippen LogP contribution in [0.2, 0.25) is 0 Å². The molecule has 0 spiro atoms. The maximum atomic E-state index is 12.7. The summed E-state index contributed by atoms with van der Waals surface area (Å²) in [7, 11) is 0. The highest BCUT2D eigenvalue weighted by Crippen LogP contribution is 2.27. The van der Waals surface area contributed by atoms with Crippen molar-refractivity contribution in [2.75, 3.05) is 32.8 Å². The van der Waals surface area contributed by atoms with E-state index in [1.54, 1.807) is 0 Å². The monoisotopic (exact) mass is 320 g/mol. The molecule has 2 heterocycles. The lowest BCUT2D eigenvalue weighted by Gasteiger charge is -2.26. The van der Waals surface area contributed by atoms with Crippen LogP contribution in [-0.2, 0) is 17.5 Å². The molecule has 0 bridgehead atoms. The van der Waals surface area contributed by atoms with Crippen LogP contribution in [0.4, 0.5) is 13.2 Å². The molecule has 0 saturated carbocycles. The average Bonchev–Trinajstić information content (AvgIpc) is 2.62. The van der Waals surface area contributed by atoms with E-state index in [0.717, 1.165) is 6.07 Å². The number of ether oxygens (including phenoxy) is 1. The highest BCUT2D eigenvalue weighted by Gasteiger charge is 2.33. The molecule has 0 aliphatic carbocycles. The number of aromatic nitrogens is 2. The maximum absolute atomic E-state index is 12.7. The predicted octanol–water partition coefficient (Wildman–Crippen LogP) is 0.244. The molecule has 0 unspecified atom stereocenters. The van der Waals surface area contributed by atoms with Crippen molar-refractivity contribution in [3.05, 3.63) is 23.3 Å². The summed E-state index contributed by atoms with van der Waals surface area (Å²) in [4.78, 5) is 7.47. The lowest BCUT2D eigenvalue weighted by atomic mass is 10.1. The first-order valence-corrected chi connectivity index (χ1v) is 6.92. The van der Waals surface area contributed by atoms with E-state index in [0.29, 0.717) is 19.7 Å². The molecule has 1 fully saturated rings. The van der Waals surface area contributed by atoms with Crippen molar-refractivity contribution in [3.8, 4) is 0 Å². The van der Waals surface area contributed by atoms with E-state index in [-0.39, 0.29) is 31.2 Å². The van der Waals surface area contributed by atoms with Gasteiger partial charge in [0.05, 0.1) is 19.8 Å². The van der Waals surface area contributed by atoms with E-state index >= 15 is 0 Å². The highest BCUT2D eigenvalue weighted by atomic mass is 19.4. The van der Waals surface area contributed by atoms with Gasteiger partial charge in [0.1, 0.15) is 17.1 Å². The molecule has 1 aliphatic heterocycles. The Bertz CT molecular complexity index is 503. The Morgan fingerprint density at radius 1 is 1.45 bits per heavy atom. The van der Waals surface area contributed by atoms with Crippen molar-refractivity contribution < 1.29 is 23.0 Å². The minimum atomic E-state index is -4.50. The zero-order valence-electron chi connectivity index (χ0n) is 12.2. The smallest absolute Gasteiger partial charge is 0.385 e. The van der Waals surface area contributed by atoms with Crippen molar-refractivity contribution in [3.63, 3.8) is 0 Å². The van der Waals surface area contributed by atoms with Crippen LogP contribution < -0.4 is 10.6 Å². The Kier molecular flexibility index (Phi) is 5.32. The average molecular weight is 320 g/mol. The first kappa shape index (κ1) is 17.1. The van der Waals surface area contributed by atoms with Crippen LogP contribution in [0, 0.1) is 6.92 Å². The van der Waals surface area contributed by atoms with Crippen LogP contribution in [0.15, 0.2) is 6.07 Å². The van der Waals surface area contributed by atoms with Crippen LogP contribution >= 0.6 is 0 Å². The van der Waals surface area contributed by atoms with Gasteiger partial charge < -0.3 is 20.5 Å². The lowest BCUT2D eigenvalue weighted by molar-refractivity contribution is -0.141. The Labute approximate surface area is 126 Å². The van der Waals surface area contributed by atoms with Crippen LogP contribution in [0.1, 0.15) is 17.2 Å². The second-order valence-electron chi connectivity index (χ2n) is 5.37. The van der Waals surface area contributed by atoms with Gasteiger partial charge in [-0.25, -0.2) is 9.97 Å². The van der Waals surface area contributed by atoms with E-state index in [4.69, 9.17) is 4.74 Å². The number of aliphatic hydroxyl groups is 1. The minimum Gasteiger partial charge on any atom is -0.385 e. The number of aryl methyl sites for hydroxylation is 1. The van der Waals surface area contributed by atoms with Crippen molar-refractivity contribution >= 4 is 0 Å². The quantitative estimate of drug-likeness (QED) is 0.738. The second-order valence-corrected chi connectivity index (χ2v) is 5.37. The van der Waals surface area contributed by atoms with E-state index in [1.807, 2.05) is 0 Å². The second kappa shape index (κ2) is 6.86. The number of hydrogen-bond acceptors (Lipinski definition) is 6. The molecule has 124 valence electrons. The zero-order chi connectivity index (χ0) is 16.2. The minimum absolute atomic E-state index is 0.0348. The Hall–Kier alpha value is -1.29. The molecular formula is C13H19F3N4O2. The SMILES string of the molecule is Cc1cc(C(F)(F)F)nc(CNC[C@@]2(O)CNCCOC2)n1. The number of halogens is 3. The van der Waals surface area contributed by atoms with E-state index in [9.17, 15) is 18.3 Å². The molecule has 9 heteroatoms. The molecule has 3 N–H and O–H groups in total. The van der Waals surface area contributed by atoms with E-state index in [2.05, 4.69) is 20.6 Å². The number of rotatable bonds is 4. The number of hydrogen-bond donors (Lipinski definition) is 3. The third-order valence-corrected chi connectivity index (χ3v) is 3.18. The van der Waals surface area contributed by atoms with Crippen LogP contribution in [0.25, 0.3) is 0 Å². The van der Waals surface area contributed by atoms with Crippen molar-refractivity contribution in [2.45, 2.75) is 25.2 Å². The van der Waals surface area contributed by atoms with Crippen LogP contribution in [-0.4, -0.2) is 53.5 Å².